The molecule has 1 aliphatic rings. The first-order chi connectivity index (χ1) is 16.8. The van der Waals surface area contributed by atoms with Crippen LogP contribution in [-0.4, -0.2) is 41.9 Å². The fraction of sp³-hybridized carbons (Fsp3) is 0.318. The Morgan fingerprint density at radius 3 is 2.44 bits per heavy atom. The first kappa shape index (κ1) is 25.4. The Labute approximate surface area is 203 Å². The van der Waals surface area contributed by atoms with E-state index in [2.05, 4.69) is 25.7 Å². The predicted octanol–water partition coefficient (Wildman–Crippen LogP) is 4.05. The van der Waals surface area contributed by atoms with E-state index in [1.807, 2.05) is 0 Å². The summed E-state index contributed by atoms with van der Waals surface area (Å²) in [6.07, 6.45) is -1.78. The summed E-state index contributed by atoms with van der Waals surface area (Å²) in [5, 5.41) is 27.2. The number of nitrogens with one attached hydrogen (secondary N) is 2. The maximum atomic E-state index is 13.5. The largest absolute Gasteiger partial charge is 0.435 e. The van der Waals surface area contributed by atoms with Crippen LogP contribution in [0, 0.1) is 11.7 Å². The summed E-state index contributed by atoms with van der Waals surface area (Å²) in [5.41, 5.74) is -3.09. The molecule has 1 atom stereocenters. The van der Waals surface area contributed by atoms with Crippen LogP contribution in [0.15, 0.2) is 41.3 Å². The molecule has 190 valence electrons. The van der Waals surface area contributed by atoms with Crippen molar-refractivity contribution in [3.05, 3.63) is 58.9 Å². The minimum atomic E-state index is -4.89. The van der Waals surface area contributed by atoms with Crippen molar-refractivity contribution in [1.29, 1.82) is 4.78 Å². The Kier molecular flexibility index (Phi) is 6.43. The third-order valence-corrected chi connectivity index (χ3v) is 6.87. The molecular weight excluding hydrogens is 501 g/mol. The number of rotatable bonds is 6. The lowest BCUT2D eigenvalue weighted by atomic mass is 9.78. The predicted molar refractivity (Wildman–Crippen MR) is 121 cm³/mol. The number of carbonyl (C=O) groups is 1. The summed E-state index contributed by atoms with van der Waals surface area (Å²) in [4.78, 5) is 13.2. The minimum Gasteiger partial charge on any atom is -0.417 e. The van der Waals surface area contributed by atoms with E-state index in [1.165, 1.54) is 42.7 Å². The van der Waals surface area contributed by atoms with Crippen molar-refractivity contribution in [3.8, 4) is 11.8 Å². The topological polar surface area (TPSA) is 151 Å². The molecule has 0 radical (unpaired) electrons. The normalized spacial score (nSPS) is 16.5. The molecule has 2 heterocycles. The lowest BCUT2D eigenvalue weighted by Crippen LogP contribution is -2.34. The van der Waals surface area contributed by atoms with Crippen LogP contribution in [-0.2, 0) is 21.5 Å². The molecule has 14 heteroatoms. The van der Waals surface area contributed by atoms with Gasteiger partial charge in [0.2, 0.25) is 5.88 Å². The van der Waals surface area contributed by atoms with Crippen molar-refractivity contribution in [2.24, 2.45) is 0 Å². The lowest BCUT2D eigenvalue weighted by molar-refractivity contribution is -0.142. The highest BCUT2D eigenvalue weighted by molar-refractivity contribution is 7.91. The van der Waals surface area contributed by atoms with E-state index in [0.29, 0.717) is 18.5 Å². The fourth-order valence-electron chi connectivity index (χ4n) is 3.61. The van der Waals surface area contributed by atoms with Gasteiger partial charge >= 0.3 is 6.18 Å². The average Bonchev–Trinajstić information content (AvgIpc) is 2.77. The van der Waals surface area contributed by atoms with Crippen molar-refractivity contribution < 1.29 is 32.0 Å². The van der Waals surface area contributed by atoms with Crippen LogP contribution >= 0.6 is 0 Å². The van der Waals surface area contributed by atoms with Gasteiger partial charge in [-0.05, 0) is 56.0 Å². The van der Waals surface area contributed by atoms with E-state index in [9.17, 15) is 27.3 Å². The summed E-state index contributed by atoms with van der Waals surface area (Å²) in [6, 6.07) is 8.43. The quantitative estimate of drug-likeness (QED) is 0.439. The first-order valence-corrected chi connectivity index (χ1v) is 12.6. The van der Waals surface area contributed by atoms with Crippen molar-refractivity contribution in [3.63, 3.8) is 0 Å². The van der Waals surface area contributed by atoms with Crippen LogP contribution < -0.4 is 10.1 Å². The van der Waals surface area contributed by atoms with Gasteiger partial charge in [0.25, 0.3) is 11.8 Å². The number of ether oxygens (including phenoxy) is 1. The molecular formula is C22H21F3N6O4S. The molecule has 36 heavy (non-hydrogen) atoms. The molecule has 1 aromatic carbocycles. The number of anilines is 1. The number of hydrogen-bond acceptors (Lipinski definition) is 9. The van der Waals surface area contributed by atoms with E-state index >= 15 is 0 Å². The number of aromatic nitrogens is 4. The Bertz CT molecular complexity index is 1420. The molecule has 1 unspecified atom stereocenters. The number of hydrogen-bond donors (Lipinski definition) is 3. The molecule has 0 bridgehead atoms. The van der Waals surface area contributed by atoms with Gasteiger partial charge in [0.15, 0.2) is 5.69 Å². The third-order valence-electron chi connectivity index (χ3n) is 5.72. The van der Waals surface area contributed by atoms with Crippen LogP contribution in [0.3, 0.4) is 0 Å². The monoisotopic (exact) mass is 522 g/mol. The van der Waals surface area contributed by atoms with Gasteiger partial charge in [0.05, 0.1) is 15.4 Å². The van der Waals surface area contributed by atoms with Gasteiger partial charge in [0.1, 0.15) is 11.2 Å². The van der Waals surface area contributed by atoms with Gasteiger partial charge in [-0.3, -0.25) is 4.79 Å². The fourth-order valence-corrected chi connectivity index (χ4v) is 4.30. The molecule has 3 N–H and O–H groups in total. The van der Waals surface area contributed by atoms with Gasteiger partial charge in [-0.25, -0.2) is 8.99 Å². The number of amides is 1. The lowest BCUT2D eigenvalue weighted by Gasteiger charge is -2.35. The van der Waals surface area contributed by atoms with E-state index in [-0.39, 0.29) is 16.5 Å². The second kappa shape index (κ2) is 9.09. The maximum Gasteiger partial charge on any atom is 0.435 e. The minimum absolute atomic E-state index is 0.105. The Morgan fingerprint density at radius 2 is 1.89 bits per heavy atom. The standard InChI is InChI=1S/C22H21F3N6O4S/c1-12-17(19(32)27-13-5-3-6-14(11-13)36(2,26)34)20(31-30-18(12)22(23,24)25)35-16-8-7-15(28-29-16)21(33)9-4-10-21/h3,5-8,11,26,33H,4,9-10H2,1-2H3,(H,27,32). The first-order valence-electron chi connectivity index (χ1n) is 10.6. The van der Waals surface area contributed by atoms with Gasteiger partial charge in [-0.2, -0.15) is 13.2 Å². The number of alkyl halides is 3. The van der Waals surface area contributed by atoms with Crippen molar-refractivity contribution >= 4 is 21.3 Å². The summed E-state index contributed by atoms with van der Waals surface area (Å²) in [6.45, 7) is 1.05. The summed E-state index contributed by atoms with van der Waals surface area (Å²) < 4.78 is 65.7. The Hall–Kier alpha value is -3.65. The van der Waals surface area contributed by atoms with E-state index < -0.39 is 50.1 Å². The van der Waals surface area contributed by atoms with Crippen LogP contribution in [0.5, 0.6) is 11.8 Å². The van der Waals surface area contributed by atoms with Crippen molar-refractivity contribution in [1.82, 2.24) is 20.4 Å². The van der Waals surface area contributed by atoms with E-state index in [4.69, 9.17) is 9.52 Å². The second-order valence-electron chi connectivity index (χ2n) is 8.42. The highest BCUT2D eigenvalue weighted by atomic mass is 32.2. The Morgan fingerprint density at radius 1 is 1.17 bits per heavy atom. The molecule has 0 saturated heterocycles. The van der Waals surface area contributed by atoms with Crippen LogP contribution in [0.25, 0.3) is 0 Å². The van der Waals surface area contributed by atoms with Gasteiger partial charge in [-0.15, -0.1) is 20.4 Å². The second-order valence-corrected chi connectivity index (χ2v) is 10.6. The highest BCUT2D eigenvalue weighted by Gasteiger charge is 2.39. The molecule has 0 spiro atoms. The molecule has 0 aliphatic heterocycles. The molecule has 1 amide bonds. The zero-order chi connectivity index (χ0) is 26.3. The molecule has 10 nitrogen and oxygen atoms in total. The average molecular weight is 523 g/mol. The molecule has 1 fully saturated rings. The highest BCUT2D eigenvalue weighted by Crippen LogP contribution is 2.40. The van der Waals surface area contributed by atoms with Gasteiger partial charge in [-0.1, -0.05) is 6.07 Å². The number of carbonyl (C=O) groups excluding carboxylic acids is 1. The number of benzene rings is 1. The maximum absolute atomic E-state index is 13.5. The van der Waals surface area contributed by atoms with Gasteiger partial charge < -0.3 is 15.2 Å². The van der Waals surface area contributed by atoms with Crippen LogP contribution in [0.1, 0.15) is 46.6 Å². The molecule has 1 saturated carbocycles. The molecule has 3 aromatic rings. The Balaban J connectivity index is 1.69. The number of aliphatic hydroxyl groups is 1. The summed E-state index contributed by atoms with van der Waals surface area (Å²) in [7, 11) is -3.10. The van der Waals surface area contributed by atoms with Crippen LogP contribution in [0.4, 0.5) is 18.9 Å². The molecule has 1 aliphatic carbocycles. The SMILES string of the molecule is Cc1c(C(F)(F)F)nnc(Oc2ccc(C3(O)CCC3)nn2)c1C(=O)Nc1cccc(S(C)(=N)=O)c1. The zero-order valence-corrected chi connectivity index (χ0v) is 19.9. The zero-order valence-electron chi connectivity index (χ0n) is 19.1. The van der Waals surface area contributed by atoms with E-state index in [1.54, 1.807) is 0 Å². The van der Waals surface area contributed by atoms with Crippen molar-refractivity contribution in [2.45, 2.75) is 42.9 Å². The van der Waals surface area contributed by atoms with Crippen LogP contribution in [0.2, 0.25) is 0 Å². The smallest absolute Gasteiger partial charge is 0.417 e. The summed E-state index contributed by atoms with van der Waals surface area (Å²) >= 11 is 0. The number of nitrogens with zero attached hydrogens (tertiary/aromatic N) is 4. The molecule has 2 aromatic heterocycles. The van der Waals surface area contributed by atoms with Gasteiger partial charge in [0, 0.05) is 22.9 Å². The van der Waals surface area contributed by atoms with Crippen molar-refractivity contribution in [2.75, 3.05) is 11.6 Å². The van der Waals surface area contributed by atoms with E-state index in [0.717, 1.165) is 13.3 Å². The number of halogens is 3. The summed E-state index contributed by atoms with van der Waals surface area (Å²) in [5.74, 6) is -1.72. The third kappa shape index (κ3) is 5.14. The molecule has 4 rings (SSSR count).